The molecule has 1 saturated carbocycles. The average Bonchev–Trinajstić information content (AvgIpc) is 3.33. The molecule has 2 aliphatic heterocycles. The minimum atomic E-state index is -0.582. The van der Waals surface area contributed by atoms with Gasteiger partial charge in [-0.2, -0.15) is 15.4 Å². The van der Waals surface area contributed by atoms with Crippen LogP contribution in [0.2, 0.25) is 0 Å². The molecule has 0 bridgehead atoms. The molecule has 0 aromatic carbocycles. The van der Waals surface area contributed by atoms with E-state index in [1.165, 1.54) is 0 Å². The molecule has 2 atom stereocenters. The summed E-state index contributed by atoms with van der Waals surface area (Å²) in [6.07, 6.45) is 2.24. The van der Waals surface area contributed by atoms with Crippen LogP contribution in [0, 0.1) is 5.92 Å². The Labute approximate surface area is 169 Å². The van der Waals surface area contributed by atoms with Crippen molar-refractivity contribution >= 4 is 17.7 Å². The summed E-state index contributed by atoms with van der Waals surface area (Å²) in [5.41, 5.74) is 0.531. The van der Waals surface area contributed by atoms with Gasteiger partial charge in [-0.15, -0.1) is 0 Å². The van der Waals surface area contributed by atoms with E-state index in [9.17, 15) is 14.4 Å². The van der Waals surface area contributed by atoms with Crippen molar-refractivity contribution in [3.8, 4) is 0 Å². The number of likely N-dealkylation sites (N-methyl/N-ethyl adjacent to an activating group) is 1. The zero-order chi connectivity index (χ0) is 20.8. The van der Waals surface area contributed by atoms with Crippen LogP contribution in [-0.2, 0) is 14.3 Å². The molecule has 10 heteroatoms. The maximum absolute atomic E-state index is 13.2. The first-order chi connectivity index (χ1) is 13.8. The average molecular weight is 404 g/mol. The molecular formula is C19H28N6O4. The zero-order valence-corrected chi connectivity index (χ0v) is 17.1. The largest absolute Gasteiger partial charge is 0.377 e. The van der Waals surface area contributed by atoms with Crippen LogP contribution in [0.5, 0.6) is 0 Å². The molecule has 0 radical (unpaired) electrons. The summed E-state index contributed by atoms with van der Waals surface area (Å²) in [5.74, 6) is -0.505. The summed E-state index contributed by atoms with van der Waals surface area (Å²) >= 11 is 0. The van der Waals surface area contributed by atoms with Crippen molar-refractivity contribution in [2.75, 3.05) is 33.4 Å². The van der Waals surface area contributed by atoms with Gasteiger partial charge >= 0.3 is 0 Å². The van der Waals surface area contributed by atoms with Gasteiger partial charge in [0, 0.05) is 38.0 Å². The van der Waals surface area contributed by atoms with Crippen LogP contribution < -0.4 is 5.32 Å². The first-order valence-electron chi connectivity index (χ1n) is 10.1. The fourth-order valence-corrected chi connectivity index (χ4v) is 4.25. The summed E-state index contributed by atoms with van der Waals surface area (Å²) in [6.45, 7) is 5.30. The molecule has 3 fully saturated rings. The third-order valence-electron chi connectivity index (χ3n) is 6.11. The van der Waals surface area contributed by atoms with E-state index in [2.05, 4.69) is 20.7 Å². The number of aromatic amines is 1. The monoisotopic (exact) mass is 404 g/mol. The lowest BCUT2D eigenvalue weighted by Crippen LogP contribution is -2.55. The van der Waals surface area contributed by atoms with Gasteiger partial charge in [-0.3, -0.25) is 14.4 Å². The lowest BCUT2D eigenvalue weighted by Gasteiger charge is -2.38. The van der Waals surface area contributed by atoms with E-state index in [1.54, 1.807) is 16.8 Å². The van der Waals surface area contributed by atoms with Crippen molar-refractivity contribution in [1.82, 2.24) is 30.5 Å². The number of hydrogen-bond donors (Lipinski definition) is 2. The van der Waals surface area contributed by atoms with E-state index in [1.807, 2.05) is 13.8 Å². The Morgan fingerprint density at radius 2 is 2.07 bits per heavy atom. The normalized spacial score (nSPS) is 26.3. The Bertz CT molecular complexity index is 817. The van der Waals surface area contributed by atoms with Crippen molar-refractivity contribution in [3.05, 3.63) is 11.4 Å². The molecule has 4 rings (SSSR count). The predicted octanol–water partition coefficient (Wildman–Crippen LogP) is -0.104. The van der Waals surface area contributed by atoms with Gasteiger partial charge in [0.15, 0.2) is 5.69 Å². The van der Waals surface area contributed by atoms with Gasteiger partial charge in [0.25, 0.3) is 5.91 Å². The number of morpholine rings is 1. The molecule has 1 aromatic heterocycles. The van der Waals surface area contributed by atoms with Gasteiger partial charge in [0.2, 0.25) is 11.8 Å². The Balaban J connectivity index is 1.46. The van der Waals surface area contributed by atoms with Crippen LogP contribution in [0.4, 0.5) is 0 Å². The molecule has 2 unspecified atom stereocenters. The third-order valence-corrected chi connectivity index (χ3v) is 6.11. The Morgan fingerprint density at radius 3 is 2.72 bits per heavy atom. The highest BCUT2D eigenvalue weighted by molar-refractivity contribution is 5.94. The summed E-state index contributed by atoms with van der Waals surface area (Å²) < 4.78 is 5.59. The summed E-state index contributed by atoms with van der Waals surface area (Å²) in [5, 5.41) is 13.7. The second kappa shape index (κ2) is 7.40. The zero-order valence-electron chi connectivity index (χ0n) is 17.1. The molecule has 10 nitrogen and oxygen atoms in total. The lowest BCUT2D eigenvalue weighted by molar-refractivity contribution is -0.137. The van der Waals surface area contributed by atoms with Crippen molar-refractivity contribution in [2.45, 2.75) is 50.6 Å². The number of H-pyrrole nitrogens is 1. The molecule has 3 heterocycles. The number of aromatic nitrogens is 3. The second-order valence-corrected chi connectivity index (χ2v) is 8.80. The van der Waals surface area contributed by atoms with Crippen molar-refractivity contribution in [3.63, 3.8) is 0 Å². The minimum absolute atomic E-state index is 0.105. The standard InChI is InChI=1S/C19H28N6O4/c1-19(2)13(8-14(26)20-19)17(27)24(3)9-12-10-29-7-6-25(12)18(28)16-15(11-4-5-11)21-23-22-16/h11-13H,4-10H2,1-3H3,(H,20,26)(H,21,22,23). The summed E-state index contributed by atoms with van der Waals surface area (Å²) in [4.78, 5) is 41.3. The first kappa shape index (κ1) is 19.8. The molecule has 3 aliphatic rings. The number of ether oxygens (including phenoxy) is 1. The van der Waals surface area contributed by atoms with Gasteiger partial charge < -0.3 is 19.9 Å². The Hall–Kier alpha value is -2.49. The number of nitrogens with zero attached hydrogens (tertiary/aromatic N) is 4. The van der Waals surface area contributed by atoms with Gasteiger partial charge in [-0.05, 0) is 26.7 Å². The second-order valence-electron chi connectivity index (χ2n) is 8.80. The van der Waals surface area contributed by atoms with Gasteiger partial charge in [-0.1, -0.05) is 0 Å². The number of carbonyl (C=O) groups is 3. The number of amides is 3. The molecule has 2 saturated heterocycles. The van der Waals surface area contributed by atoms with Crippen LogP contribution >= 0.6 is 0 Å². The maximum Gasteiger partial charge on any atom is 0.276 e. The SMILES string of the molecule is CN(CC1COCCN1C(=O)c1n[nH]nc1C1CC1)C(=O)C1CC(=O)NC1(C)C. The van der Waals surface area contributed by atoms with Crippen LogP contribution in [0.15, 0.2) is 0 Å². The van der Waals surface area contributed by atoms with Crippen LogP contribution in [0.25, 0.3) is 0 Å². The summed E-state index contributed by atoms with van der Waals surface area (Å²) in [6, 6.07) is -0.276. The highest BCUT2D eigenvalue weighted by atomic mass is 16.5. The maximum atomic E-state index is 13.2. The predicted molar refractivity (Wildman–Crippen MR) is 102 cm³/mol. The fourth-order valence-electron chi connectivity index (χ4n) is 4.25. The van der Waals surface area contributed by atoms with Crippen molar-refractivity contribution < 1.29 is 19.1 Å². The van der Waals surface area contributed by atoms with E-state index in [0.29, 0.717) is 37.9 Å². The topological polar surface area (TPSA) is 121 Å². The van der Waals surface area contributed by atoms with Crippen molar-refractivity contribution in [1.29, 1.82) is 0 Å². The summed E-state index contributed by atoms with van der Waals surface area (Å²) in [7, 11) is 1.71. The Morgan fingerprint density at radius 1 is 1.31 bits per heavy atom. The molecule has 1 aromatic rings. The molecule has 0 spiro atoms. The van der Waals surface area contributed by atoms with E-state index in [4.69, 9.17) is 4.74 Å². The van der Waals surface area contributed by atoms with Gasteiger partial charge in [0.05, 0.1) is 30.9 Å². The van der Waals surface area contributed by atoms with Gasteiger partial charge in [-0.25, -0.2) is 0 Å². The van der Waals surface area contributed by atoms with E-state index in [-0.39, 0.29) is 30.2 Å². The van der Waals surface area contributed by atoms with Crippen molar-refractivity contribution in [2.24, 2.45) is 5.92 Å². The molecule has 1 aliphatic carbocycles. The highest BCUT2D eigenvalue weighted by Gasteiger charge is 2.45. The highest BCUT2D eigenvalue weighted by Crippen LogP contribution is 2.40. The first-order valence-corrected chi connectivity index (χ1v) is 10.1. The number of nitrogens with one attached hydrogen (secondary N) is 2. The van der Waals surface area contributed by atoms with E-state index in [0.717, 1.165) is 18.5 Å². The fraction of sp³-hybridized carbons (Fsp3) is 0.737. The third kappa shape index (κ3) is 3.85. The van der Waals surface area contributed by atoms with Gasteiger partial charge in [0.1, 0.15) is 0 Å². The van der Waals surface area contributed by atoms with Crippen LogP contribution in [0.1, 0.15) is 55.2 Å². The minimum Gasteiger partial charge on any atom is -0.377 e. The smallest absolute Gasteiger partial charge is 0.276 e. The lowest BCUT2D eigenvalue weighted by atomic mass is 9.88. The number of carbonyl (C=O) groups excluding carboxylic acids is 3. The van der Waals surface area contributed by atoms with Crippen LogP contribution in [-0.4, -0.2) is 87.9 Å². The molecule has 158 valence electrons. The van der Waals surface area contributed by atoms with Crippen LogP contribution in [0.3, 0.4) is 0 Å². The Kier molecular flexibility index (Phi) is 5.05. The van der Waals surface area contributed by atoms with E-state index >= 15 is 0 Å². The number of hydrogen-bond acceptors (Lipinski definition) is 6. The molecular weight excluding hydrogens is 376 g/mol. The molecule has 2 N–H and O–H groups in total. The molecule has 3 amide bonds. The number of rotatable bonds is 5. The quantitative estimate of drug-likeness (QED) is 0.707. The van der Waals surface area contributed by atoms with E-state index < -0.39 is 11.5 Å². The molecule has 29 heavy (non-hydrogen) atoms.